The van der Waals surface area contributed by atoms with Crippen LogP contribution in [-0.2, 0) is 46.7 Å². The van der Waals surface area contributed by atoms with E-state index in [0.29, 0.717) is 41.8 Å². The van der Waals surface area contributed by atoms with Crippen molar-refractivity contribution in [3.05, 3.63) is 145 Å². The predicted molar refractivity (Wildman–Crippen MR) is 264 cm³/mol. The van der Waals surface area contributed by atoms with Gasteiger partial charge in [-0.15, -0.1) is 0 Å². The summed E-state index contributed by atoms with van der Waals surface area (Å²) in [6.07, 6.45) is 26.8. The zero-order chi connectivity index (χ0) is 44.2. The van der Waals surface area contributed by atoms with Crippen molar-refractivity contribution >= 4 is 50.9 Å². The van der Waals surface area contributed by atoms with Gasteiger partial charge in [0.2, 0.25) is 19.0 Å². The lowest BCUT2D eigenvalue weighted by Gasteiger charge is -2.28. The number of aryl methyl sites for hydroxylation is 7. The average Bonchev–Trinajstić information content (AvgIpc) is 4.06. The van der Waals surface area contributed by atoms with Crippen LogP contribution < -0.4 is 19.0 Å². The molecule has 0 atom stereocenters. The molecule has 0 saturated heterocycles. The first kappa shape index (κ1) is 49.5. The molecule has 7 aromatic rings. The number of carbonyl (C=O) groups excluding carboxylic acids is 4. The van der Waals surface area contributed by atoms with E-state index in [-0.39, 0.29) is 45.9 Å². The average molecular weight is 909 g/mol. The summed E-state index contributed by atoms with van der Waals surface area (Å²) in [4.78, 5) is 57.3. The second kappa shape index (κ2) is 22.1. The van der Waals surface area contributed by atoms with Crippen LogP contribution in [0, 0.1) is 0 Å². The minimum Gasteiger partial charge on any atom is -0.384 e. The standard InChI is InChI=1S/C51H57N9O4.3CH4/c1-53-29-31-55(35-53)24-8-5-13-38-18-19-43-46-39(38)14-9-16-41(46)48(61)59(50(43)63)27-7-4-3-6-23-57-33-34-58(37-57)25-11-22-52-45-21-20-44-47-40(45)15-10-17-42(47)49(62)60(51(44)64)28-12-26-56-32-30-54(2)36-56;;;/h9-10,14-21,29-37H,3-8,11-13,22-28H2,1-2H3;3*1H4/q+2;;;/p+1. The second-order valence-corrected chi connectivity index (χ2v) is 17.4. The summed E-state index contributed by atoms with van der Waals surface area (Å²) in [5, 5.41) is 7.02. The van der Waals surface area contributed by atoms with Crippen molar-refractivity contribution < 1.29 is 32.9 Å². The Hall–Kier alpha value is -6.89. The number of carbonyl (C=O) groups is 4. The van der Waals surface area contributed by atoms with E-state index in [1.165, 1.54) is 15.4 Å². The largest absolute Gasteiger partial charge is 0.384 e. The number of imidazole rings is 3. The third-order valence-corrected chi connectivity index (χ3v) is 12.8. The van der Waals surface area contributed by atoms with Gasteiger partial charge in [0.1, 0.15) is 37.2 Å². The monoisotopic (exact) mass is 909 g/mol. The zero-order valence-electron chi connectivity index (χ0n) is 37.0. The Balaban J connectivity index is 0.00000247. The van der Waals surface area contributed by atoms with E-state index >= 15 is 0 Å². The molecule has 5 heterocycles. The number of aromatic nitrogens is 6. The van der Waals surface area contributed by atoms with E-state index in [1.54, 1.807) is 0 Å². The quantitative estimate of drug-likeness (QED) is 0.0443. The molecule has 4 amide bonds. The van der Waals surface area contributed by atoms with E-state index in [0.717, 1.165) is 111 Å². The van der Waals surface area contributed by atoms with Crippen LogP contribution >= 0.6 is 0 Å². The number of benzene rings is 4. The van der Waals surface area contributed by atoms with Gasteiger partial charge in [-0.1, -0.05) is 59.0 Å². The summed E-state index contributed by atoms with van der Waals surface area (Å²) < 4.78 is 12.7. The highest BCUT2D eigenvalue weighted by Crippen LogP contribution is 2.35. The molecule has 0 fully saturated rings. The minimum atomic E-state index is -0.233. The first-order valence-corrected chi connectivity index (χ1v) is 22.9. The number of nitrogens with one attached hydrogen (secondary N) is 1. The Bertz CT molecular complexity index is 2830. The number of amides is 4. The fourth-order valence-corrected chi connectivity index (χ4v) is 9.53. The summed E-state index contributed by atoms with van der Waals surface area (Å²) in [5.41, 5.74) is 4.53. The van der Waals surface area contributed by atoms with Gasteiger partial charge >= 0.3 is 0 Å². The molecule has 1 N–H and O–H groups in total. The highest BCUT2D eigenvalue weighted by molar-refractivity contribution is 6.27. The molecule has 4 aromatic carbocycles. The molecule has 2 aliphatic heterocycles. The molecule has 2 aliphatic rings. The molecule has 0 spiro atoms. The van der Waals surface area contributed by atoms with Crippen molar-refractivity contribution in [1.82, 2.24) is 23.5 Å². The first-order chi connectivity index (χ1) is 31.2. The molecule has 0 saturated carbocycles. The van der Waals surface area contributed by atoms with Gasteiger partial charge in [-0.05, 0) is 79.8 Å². The van der Waals surface area contributed by atoms with Crippen LogP contribution in [-0.4, -0.2) is 66.8 Å². The van der Waals surface area contributed by atoms with E-state index in [1.807, 2.05) is 96.7 Å². The Morgan fingerprint density at radius 2 is 0.970 bits per heavy atom. The number of imide groups is 2. The van der Waals surface area contributed by atoms with Crippen LogP contribution in [0.3, 0.4) is 0 Å². The minimum absolute atomic E-state index is 0. The van der Waals surface area contributed by atoms with Crippen LogP contribution in [0.5, 0.6) is 0 Å². The highest BCUT2D eigenvalue weighted by atomic mass is 16.2. The number of anilines is 1. The lowest BCUT2D eigenvalue weighted by Crippen LogP contribution is -2.41. The van der Waals surface area contributed by atoms with Crippen LogP contribution in [0.25, 0.3) is 21.5 Å². The van der Waals surface area contributed by atoms with Crippen LogP contribution in [0.4, 0.5) is 5.69 Å². The number of hydrogen-bond donors (Lipinski definition) is 1. The van der Waals surface area contributed by atoms with Crippen LogP contribution in [0.1, 0.15) is 121 Å². The second-order valence-electron chi connectivity index (χ2n) is 17.4. The zero-order valence-corrected chi connectivity index (χ0v) is 37.0. The Labute approximate surface area is 395 Å². The van der Waals surface area contributed by atoms with Crippen molar-refractivity contribution in [1.29, 1.82) is 0 Å². The van der Waals surface area contributed by atoms with Crippen molar-refractivity contribution in [2.24, 2.45) is 14.1 Å². The van der Waals surface area contributed by atoms with Gasteiger partial charge in [0.25, 0.3) is 23.6 Å². The molecule has 0 radical (unpaired) electrons. The topological polar surface area (TPSA) is 113 Å². The molecular formula is C54H70N9O4+3. The number of nitrogens with zero attached hydrogens (tertiary/aromatic N) is 8. The fourth-order valence-electron chi connectivity index (χ4n) is 9.53. The lowest BCUT2D eigenvalue weighted by molar-refractivity contribution is -0.696. The molecule has 13 heteroatoms. The summed E-state index contributed by atoms with van der Waals surface area (Å²) in [6.45, 7) is 4.96. The number of rotatable bonds is 21. The Kier molecular flexibility index (Phi) is 16.3. The third-order valence-electron chi connectivity index (χ3n) is 12.8. The molecule has 3 aromatic heterocycles. The summed E-state index contributed by atoms with van der Waals surface area (Å²) in [6, 6.07) is 19.4. The van der Waals surface area contributed by atoms with Gasteiger partial charge in [0.15, 0.2) is 0 Å². The lowest BCUT2D eigenvalue weighted by atomic mass is 9.89. The van der Waals surface area contributed by atoms with Crippen molar-refractivity contribution in [3.8, 4) is 0 Å². The molecule has 0 bridgehead atoms. The Morgan fingerprint density at radius 1 is 0.478 bits per heavy atom. The molecule has 0 unspecified atom stereocenters. The van der Waals surface area contributed by atoms with E-state index < -0.39 is 0 Å². The number of hydrogen-bond acceptors (Lipinski definition) is 5. The molecule has 352 valence electrons. The maximum Gasteiger partial charge on any atom is 0.261 e. The maximum absolute atomic E-state index is 13.7. The molecular weight excluding hydrogens is 839 g/mol. The van der Waals surface area contributed by atoms with Crippen LogP contribution in [0.2, 0.25) is 0 Å². The fraction of sp³-hybridized carbons (Fsp3) is 0.389. The molecule has 0 aliphatic carbocycles. The highest BCUT2D eigenvalue weighted by Gasteiger charge is 2.34. The van der Waals surface area contributed by atoms with E-state index in [4.69, 9.17) is 0 Å². The maximum atomic E-state index is 13.7. The van der Waals surface area contributed by atoms with E-state index in [2.05, 4.69) is 67.0 Å². The van der Waals surface area contributed by atoms with Gasteiger partial charge in [-0.25, -0.2) is 27.4 Å². The predicted octanol–water partition coefficient (Wildman–Crippen LogP) is 8.31. The summed E-state index contributed by atoms with van der Waals surface area (Å²) in [7, 11) is 3.99. The van der Waals surface area contributed by atoms with Gasteiger partial charge in [0, 0.05) is 76.6 Å². The van der Waals surface area contributed by atoms with Gasteiger partial charge in [0.05, 0.1) is 40.3 Å². The van der Waals surface area contributed by atoms with Crippen molar-refractivity contribution in [2.75, 3.05) is 25.0 Å². The molecule has 9 rings (SSSR count). The summed E-state index contributed by atoms with van der Waals surface area (Å²) >= 11 is 0. The first-order valence-electron chi connectivity index (χ1n) is 22.9. The van der Waals surface area contributed by atoms with Crippen molar-refractivity contribution in [3.63, 3.8) is 0 Å². The SMILES string of the molecule is C.C.C.C[n+]1ccn(CCCCc2ccc3c4c(cccc24)C(=O)N(CCCCCCn2cc[n+](CCCNc4ccc5c6c(cccc46)C(=O)N(CCCn4cc[n+](C)c4)C5=O)c2)C3=O)c1. The Morgan fingerprint density at radius 3 is 1.58 bits per heavy atom. The van der Waals surface area contributed by atoms with E-state index in [9.17, 15) is 19.2 Å². The van der Waals surface area contributed by atoms with Crippen LogP contribution in [0.15, 0.2) is 117 Å². The third kappa shape index (κ3) is 10.6. The number of unbranched alkanes of at least 4 members (excludes halogenated alkanes) is 4. The molecule has 13 nitrogen and oxygen atoms in total. The summed E-state index contributed by atoms with van der Waals surface area (Å²) in [5.74, 6) is -0.830. The van der Waals surface area contributed by atoms with Crippen molar-refractivity contribution in [2.45, 2.75) is 106 Å². The van der Waals surface area contributed by atoms with Gasteiger partial charge in [-0.2, -0.15) is 0 Å². The smallest absolute Gasteiger partial charge is 0.261 e. The molecule has 67 heavy (non-hydrogen) atoms. The normalized spacial score (nSPS) is 13.0. The van der Waals surface area contributed by atoms with Gasteiger partial charge in [-0.3, -0.25) is 29.0 Å². The van der Waals surface area contributed by atoms with Gasteiger partial charge < -0.3 is 5.32 Å².